The van der Waals surface area contributed by atoms with E-state index in [-0.39, 0.29) is 17.6 Å². The largest absolute Gasteiger partial charge is 0.340 e. The number of fused-ring (bicyclic) bond motifs is 2. The molecule has 0 radical (unpaired) electrons. The van der Waals surface area contributed by atoms with Crippen LogP contribution in [0.2, 0.25) is 0 Å². The van der Waals surface area contributed by atoms with Gasteiger partial charge < -0.3 is 10.2 Å². The summed E-state index contributed by atoms with van der Waals surface area (Å²) in [7, 11) is 0. The fourth-order valence-electron chi connectivity index (χ4n) is 5.27. The molecule has 6 rings (SSSR count). The fourth-order valence-corrected chi connectivity index (χ4v) is 5.27. The van der Waals surface area contributed by atoms with Crippen LogP contribution in [0.3, 0.4) is 0 Å². The zero-order valence-corrected chi connectivity index (χ0v) is 19.7. The van der Waals surface area contributed by atoms with Gasteiger partial charge in [0, 0.05) is 23.2 Å². The van der Waals surface area contributed by atoms with Gasteiger partial charge in [0.1, 0.15) is 11.7 Å². The van der Waals surface area contributed by atoms with Crippen LogP contribution in [0, 0.1) is 11.6 Å². The SMILES string of the molecule is C[C@@H]1C(=O)N(c2ccc(F)c(F)c2)c2cnc(Nc3ccc4[nH]ncc4c3)nc2N1C1CCCCC1. The molecule has 1 fully saturated rings. The lowest BCUT2D eigenvalue weighted by molar-refractivity contribution is -0.119. The first-order chi connectivity index (χ1) is 17.5. The van der Waals surface area contributed by atoms with Gasteiger partial charge in [-0.15, -0.1) is 0 Å². The van der Waals surface area contributed by atoms with Crippen LogP contribution in [-0.4, -0.2) is 38.2 Å². The summed E-state index contributed by atoms with van der Waals surface area (Å²) in [5.41, 5.74) is 2.41. The summed E-state index contributed by atoms with van der Waals surface area (Å²) >= 11 is 0. The Kier molecular flexibility index (Phi) is 5.50. The average Bonchev–Trinajstić information content (AvgIpc) is 3.35. The normalized spacial score (nSPS) is 18.5. The van der Waals surface area contributed by atoms with Gasteiger partial charge in [0.2, 0.25) is 5.95 Å². The minimum atomic E-state index is -1.02. The maximum atomic E-state index is 14.1. The van der Waals surface area contributed by atoms with E-state index in [4.69, 9.17) is 4.98 Å². The van der Waals surface area contributed by atoms with Crippen LogP contribution in [0.1, 0.15) is 39.0 Å². The van der Waals surface area contributed by atoms with Crippen molar-refractivity contribution in [3.8, 4) is 0 Å². The molecule has 2 aromatic carbocycles. The standard InChI is InChI=1S/C26H25F2N7O/c1-15-25(36)35(19-8-9-20(27)21(28)12-19)23-14-29-26(31-17-7-10-22-16(11-17)13-30-33-22)32-24(23)34(15)18-5-3-2-4-6-18/h7-15,18H,2-6H2,1H3,(H,30,33)(H,29,31,32)/t15-/m1/s1. The van der Waals surface area contributed by atoms with Gasteiger partial charge in [-0.1, -0.05) is 19.3 Å². The number of amides is 1. The molecule has 1 atom stereocenters. The Bertz CT molecular complexity index is 1450. The van der Waals surface area contributed by atoms with E-state index in [1.807, 2.05) is 25.1 Å². The molecule has 2 aliphatic rings. The molecular formula is C26H25F2N7O. The van der Waals surface area contributed by atoms with Crippen LogP contribution in [-0.2, 0) is 4.79 Å². The van der Waals surface area contributed by atoms with Crippen molar-refractivity contribution in [3.63, 3.8) is 0 Å². The zero-order valence-electron chi connectivity index (χ0n) is 19.7. The first-order valence-corrected chi connectivity index (χ1v) is 12.1. The number of hydrogen-bond acceptors (Lipinski definition) is 6. The van der Waals surface area contributed by atoms with Crippen molar-refractivity contribution in [2.45, 2.75) is 51.1 Å². The number of nitrogens with one attached hydrogen (secondary N) is 2. The summed E-state index contributed by atoms with van der Waals surface area (Å²) in [5.74, 6) is -1.23. The van der Waals surface area contributed by atoms with Gasteiger partial charge in [-0.05, 0) is 50.1 Å². The smallest absolute Gasteiger partial charge is 0.254 e. The van der Waals surface area contributed by atoms with E-state index >= 15 is 0 Å². The van der Waals surface area contributed by atoms with Gasteiger partial charge in [0.25, 0.3) is 5.91 Å². The van der Waals surface area contributed by atoms with Gasteiger partial charge in [-0.2, -0.15) is 10.1 Å². The molecule has 0 spiro atoms. The van der Waals surface area contributed by atoms with Crippen LogP contribution in [0.4, 0.5) is 37.6 Å². The topological polar surface area (TPSA) is 90.0 Å². The number of anilines is 5. The van der Waals surface area contributed by atoms with Crippen LogP contribution < -0.4 is 15.1 Å². The number of aromatic amines is 1. The highest BCUT2D eigenvalue weighted by Crippen LogP contribution is 2.42. The number of aromatic nitrogens is 4. The van der Waals surface area contributed by atoms with E-state index in [1.165, 1.54) is 17.4 Å². The highest BCUT2D eigenvalue weighted by atomic mass is 19.2. The van der Waals surface area contributed by atoms with Gasteiger partial charge in [0.05, 0.1) is 23.6 Å². The summed E-state index contributed by atoms with van der Waals surface area (Å²) in [5, 5.41) is 11.2. The van der Waals surface area contributed by atoms with Gasteiger partial charge >= 0.3 is 0 Å². The highest BCUT2D eigenvalue weighted by molar-refractivity contribution is 6.09. The summed E-state index contributed by atoms with van der Waals surface area (Å²) in [6, 6.07) is 8.86. The molecule has 36 heavy (non-hydrogen) atoms. The van der Waals surface area contributed by atoms with Crippen molar-refractivity contribution in [2.24, 2.45) is 0 Å². The Morgan fingerprint density at radius 1 is 1.03 bits per heavy atom. The molecule has 1 saturated carbocycles. The van der Waals surface area contributed by atoms with E-state index in [9.17, 15) is 13.6 Å². The number of carbonyl (C=O) groups excluding carboxylic acids is 1. The maximum absolute atomic E-state index is 14.1. The lowest BCUT2D eigenvalue weighted by Crippen LogP contribution is -2.55. The number of nitrogens with zero attached hydrogens (tertiary/aromatic N) is 5. The van der Waals surface area contributed by atoms with E-state index in [0.29, 0.717) is 17.5 Å². The third kappa shape index (κ3) is 3.82. The second kappa shape index (κ2) is 8.85. The minimum absolute atomic E-state index is 0.161. The number of rotatable bonds is 4. The summed E-state index contributed by atoms with van der Waals surface area (Å²) in [4.78, 5) is 26.4. The third-order valence-corrected chi connectivity index (χ3v) is 7.06. The predicted octanol–water partition coefficient (Wildman–Crippen LogP) is 5.58. The van der Waals surface area contributed by atoms with Crippen LogP contribution >= 0.6 is 0 Å². The highest BCUT2D eigenvalue weighted by Gasteiger charge is 2.41. The van der Waals surface area contributed by atoms with Gasteiger partial charge in [-0.3, -0.25) is 14.8 Å². The molecule has 10 heteroatoms. The first kappa shape index (κ1) is 22.4. The summed E-state index contributed by atoms with van der Waals surface area (Å²) in [6.07, 6.45) is 8.59. The Hall–Kier alpha value is -4.08. The second-order valence-corrected chi connectivity index (χ2v) is 9.35. The van der Waals surface area contributed by atoms with Gasteiger partial charge in [0.15, 0.2) is 17.5 Å². The number of hydrogen-bond donors (Lipinski definition) is 2. The fraction of sp³-hybridized carbons (Fsp3) is 0.308. The Balaban J connectivity index is 1.44. The Labute approximate surface area is 206 Å². The van der Waals surface area contributed by atoms with E-state index in [1.54, 1.807) is 12.4 Å². The molecule has 2 aromatic heterocycles. The number of benzene rings is 2. The number of H-pyrrole nitrogens is 1. The van der Waals surface area contributed by atoms with Crippen LogP contribution in [0.25, 0.3) is 10.9 Å². The third-order valence-electron chi connectivity index (χ3n) is 7.06. The summed E-state index contributed by atoms with van der Waals surface area (Å²) in [6.45, 7) is 1.84. The molecule has 1 amide bonds. The van der Waals surface area contributed by atoms with Crippen molar-refractivity contribution in [2.75, 3.05) is 15.1 Å². The summed E-state index contributed by atoms with van der Waals surface area (Å²) < 4.78 is 27.8. The average molecular weight is 490 g/mol. The Morgan fingerprint density at radius 2 is 1.86 bits per heavy atom. The van der Waals surface area contributed by atoms with Crippen molar-refractivity contribution < 1.29 is 13.6 Å². The minimum Gasteiger partial charge on any atom is -0.340 e. The van der Waals surface area contributed by atoms with E-state index in [0.717, 1.165) is 54.4 Å². The van der Waals surface area contributed by atoms with Crippen LogP contribution in [0.15, 0.2) is 48.8 Å². The molecule has 3 heterocycles. The number of carbonyl (C=O) groups is 1. The molecule has 0 unspecified atom stereocenters. The predicted molar refractivity (Wildman–Crippen MR) is 134 cm³/mol. The van der Waals surface area contributed by atoms with Crippen LogP contribution in [0.5, 0.6) is 0 Å². The van der Waals surface area contributed by atoms with E-state index < -0.39 is 17.7 Å². The zero-order chi connectivity index (χ0) is 24.8. The molecule has 0 saturated heterocycles. The quantitative estimate of drug-likeness (QED) is 0.389. The lowest BCUT2D eigenvalue weighted by atomic mass is 9.92. The molecule has 184 valence electrons. The van der Waals surface area contributed by atoms with Crippen molar-refractivity contribution >= 4 is 45.6 Å². The monoisotopic (exact) mass is 489 g/mol. The Morgan fingerprint density at radius 3 is 2.67 bits per heavy atom. The second-order valence-electron chi connectivity index (χ2n) is 9.35. The van der Waals surface area contributed by atoms with E-state index in [2.05, 4.69) is 25.4 Å². The van der Waals surface area contributed by atoms with Crippen molar-refractivity contribution in [3.05, 3.63) is 60.4 Å². The van der Waals surface area contributed by atoms with Crippen molar-refractivity contribution in [1.29, 1.82) is 0 Å². The lowest BCUT2D eigenvalue weighted by Gasteiger charge is -2.45. The maximum Gasteiger partial charge on any atom is 0.254 e. The molecule has 2 N–H and O–H groups in total. The van der Waals surface area contributed by atoms with Crippen molar-refractivity contribution in [1.82, 2.24) is 20.2 Å². The molecule has 4 aromatic rings. The molecule has 1 aliphatic carbocycles. The first-order valence-electron chi connectivity index (χ1n) is 12.1. The molecular weight excluding hydrogens is 464 g/mol. The number of halogens is 2. The molecule has 8 nitrogen and oxygen atoms in total. The molecule has 1 aliphatic heterocycles. The molecule has 0 bridgehead atoms. The van der Waals surface area contributed by atoms with Gasteiger partial charge in [-0.25, -0.2) is 13.8 Å².